The van der Waals surface area contributed by atoms with Crippen molar-refractivity contribution in [2.75, 3.05) is 18.0 Å². The monoisotopic (exact) mass is 368 g/mol. The van der Waals surface area contributed by atoms with Crippen LogP contribution in [0, 0.1) is 0 Å². The average molecular weight is 369 g/mol. The summed E-state index contributed by atoms with van der Waals surface area (Å²) < 4.78 is 2.32. The van der Waals surface area contributed by atoms with Crippen LogP contribution in [0.25, 0.3) is 0 Å². The molecule has 122 valence electrons. The van der Waals surface area contributed by atoms with Crippen molar-refractivity contribution in [3.63, 3.8) is 0 Å². The molecule has 1 aliphatic carbocycles. The molecule has 0 amide bonds. The van der Waals surface area contributed by atoms with E-state index in [0.29, 0.717) is 21.8 Å². The summed E-state index contributed by atoms with van der Waals surface area (Å²) in [4.78, 5) is 2.36. The van der Waals surface area contributed by atoms with E-state index < -0.39 is 0 Å². The van der Waals surface area contributed by atoms with E-state index >= 15 is 0 Å². The van der Waals surface area contributed by atoms with Gasteiger partial charge in [0.15, 0.2) is 5.16 Å². The van der Waals surface area contributed by atoms with E-state index in [1.165, 1.54) is 25.7 Å². The van der Waals surface area contributed by atoms with Crippen LogP contribution < -0.4 is 4.90 Å². The second-order valence-corrected chi connectivity index (χ2v) is 7.82. The van der Waals surface area contributed by atoms with Crippen LogP contribution in [-0.2, 0) is 5.75 Å². The predicted octanol–water partition coefficient (Wildman–Crippen LogP) is 4.81. The van der Waals surface area contributed by atoms with E-state index in [9.17, 15) is 0 Å². The lowest BCUT2D eigenvalue weighted by molar-refractivity contribution is 0.651. The standard InChI is InChI=1S/C16H18Cl2N4S/c17-13-4-3-5-14(18)12(13)10-23-16-20-19-15(21-8-1-2-9-21)22(16)11-6-7-11/h3-5,11H,1-2,6-10H2. The summed E-state index contributed by atoms with van der Waals surface area (Å²) in [5.41, 5.74) is 0.967. The van der Waals surface area contributed by atoms with Crippen LogP contribution in [0.4, 0.5) is 5.95 Å². The number of halogens is 2. The number of aromatic nitrogens is 3. The maximum absolute atomic E-state index is 6.27. The molecule has 1 aliphatic heterocycles. The molecule has 23 heavy (non-hydrogen) atoms. The number of anilines is 1. The molecule has 2 fully saturated rings. The molecule has 4 rings (SSSR count). The molecule has 2 aliphatic rings. The van der Waals surface area contributed by atoms with Gasteiger partial charge in [-0.3, -0.25) is 4.57 Å². The van der Waals surface area contributed by atoms with Crippen molar-refractivity contribution in [1.82, 2.24) is 14.8 Å². The van der Waals surface area contributed by atoms with Gasteiger partial charge < -0.3 is 4.90 Å². The molecular weight excluding hydrogens is 351 g/mol. The summed E-state index contributed by atoms with van der Waals surface area (Å²) in [5, 5.41) is 11.3. The van der Waals surface area contributed by atoms with Crippen LogP contribution in [0.1, 0.15) is 37.3 Å². The minimum absolute atomic E-state index is 0.560. The third-order valence-corrected chi connectivity index (χ3v) is 6.03. The highest BCUT2D eigenvalue weighted by Gasteiger charge is 2.32. The van der Waals surface area contributed by atoms with Gasteiger partial charge in [-0.2, -0.15) is 0 Å². The summed E-state index contributed by atoms with van der Waals surface area (Å²) in [7, 11) is 0. The number of rotatable bonds is 5. The maximum atomic E-state index is 6.27. The van der Waals surface area contributed by atoms with Gasteiger partial charge in [0.25, 0.3) is 0 Å². The highest BCUT2D eigenvalue weighted by atomic mass is 35.5. The zero-order chi connectivity index (χ0) is 15.8. The average Bonchev–Trinajstić information content (AvgIpc) is 3.07. The third-order valence-electron chi connectivity index (χ3n) is 4.35. The normalized spacial score (nSPS) is 17.9. The van der Waals surface area contributed by atoms with Gasteiger partial charge in [0.1, 0.15) is 0 Å². The van der Waals surface area contributed by atoms with Crippen molar-refractivity contribution in [1.29, 1.82) is 0 Å². The quantitative estimate of drug-likeness (QED) is 0.708. The molecule has 7 heteroatoms. The van der Waals surface area contributed by atoms with E-state index in [1.807, 2.05) is 18.2 Å². The van der Waals surface area contributed by atoms with E-state index in [0.717, 1.165) is 29.8 Å². The number of thioether (sulfide) groups is 1. The van der Waals surface area contributed by atoms with Crippen LogP contribution in [-0.4, -0.2) is 27.9 Å². The highest BCUT2D eigenvalue weighted by molar-refractivity contribution is 7.98. The van der Waals surface area contributed by atoms with Gasteiger partial charge >= 0.3 is 0 Å². The van der Waals surface area contributed by atoms with Crippen molar-refractivity contribution in [3.8, 4) is 0 Å². The van der Waals surface area contributed by atoms with E-state index in [1.54, 1.807) is 11.8 Å². The molecule has 1 saturated heterocycles. The Balaban J connectivity index is 1.57. The van der Waals surface area contributed by atoms with Crippen LogP contribution in [0.15, 0.2) is 23.4 Å². The minimum Gasteiger partial charge on any atom is -0.341 e. The Morgan fingerprint density at radius 3 is 2.43 bits per heavy atom. The van der Waals surface area contributed by atoms with Gasteiger partial charge in [0.05, 0.1) is 0 Å². The zero-order valence-corrected chi connectivity index (χ0v) is 15.0. The SMILES string of the molecule is Clc1cccc(Cl)c1CSc1nnc(N2CCCC2)n1C1CC1. The molecule has 1 saturated carbocycles. The Hall–Kier alpha value is -0.910. The van der Waals surface area contributed by atoms with Gasteiger partial charge in [-0.1, -0.05) is 41.0 Å². The second-order valence-electron chi connectivity index (χ2n) is 6.07. The third kappa shape index (κ3) is 3.19. The van der Waals surface area contributed by atoms with Crippen molar-refractivity contribution >= 4 is 40.9 Å². The molecule has 4 nitrogen and oxygen atoms in total. The summed E-state index contributed by atoms with van der Waals surface area (Å²) in [6.45, 7) is 2.18. The van der Waals surface area contributed by atoms with Gasteiger partial charge in [-0.25, -0.2) is 0 Å². The van der Waals surface area contributed by atoms with Crippen molar-refractivity contribution < 1.29 is 0 Å². The van der Waals surface area contributed by atoms with Crippen molar-refractivity contribution in [2.24, 2.45) is 0 Å². The molecule has 2 aromatic rings. The zero-order valence-electron chi connectivity index (χ0n) is 12.7. The molecule has 0 N–H and O–H groups in total. The van der Waals surface area contributed by atoms with Gasteiger partial charge in [0, 0.05) is 34.9 Å². The van der Waals surface area contributed by atoms with E-state index in [4.69, 9.17) is 23.2 Å². The molecule has 1 aromatic heterocycles. The first-order valence-electron chi connectivity index (χ1n) is 7.99. The van der Waals surface area contributed by atoms with E-state index in [-0.39, 0.29) is 0 Å². The van der Waals surface area contributed by atoms with Crippen molar-refractivity contribution in [2.45, 2.75) is 42.6 Å². The van der Waals surface area contributed by atoms with Crippen LogP contribution in [0.3, 0.4) is 0 Å². The molecule has 0 bridgehead atoms. The highest BCUT2D eigenvalue weighted by Crippen LogP contribution is 2.42. The number of benzene rings is 1. The Morgan fingerprint density at radius 1 is 1.09 bits per heavy atom. The minimum atomic E-state index is 0.560. The lowest BCUT2D eigenvalue weighted by atomic mass is 10.2. The lowest BCUT2D eigenvalue weighted by Crippen LogP contribution is -2.22. The maximum Gasteiger partial charge on any atom is 0.228 e. The fourth-order valence-electron chi connectivity index (χ4n) is 2.96. The van der Waals surface area contributed by atoms with Crippen LogP contribution in [0.2, 0.25) is 10.0 Å². The first-order valence-corrected chi connectivity index (χ1v) is 9.74. The number of hydrogen-bond acceptors (Lipinski definition) is 4. The fourth-order valence-corrected chi connectivity index (χ4v) is 4.70. The number of hydrogen-bond donors (Lipinski definition) is 0. The Kier molecular flexibility index (Phi) is 4.43. The second kappa shape index (κ2) is 6.54. The molecule has 1 aromatic carbocycles. The topological polar surface area (TPSA) is 34.0 Å². The fraction of sp³-hybridized carbons (Fsp3) is 0.500. The van der Waals surface area contributed by atoms with Gasteiger partial charge in [0.2, 0.25) is 5.95 Å². The molecule has 0 spiro atoms. The summed E-state index contributed by atoms with van der Waals surface area (Å²) >= 11 is 14.2. The smallest absolute Gasteiger partial charge is 0.228 e. The Morgan fingerprint density at radius 2 is 1.78 bits per heavy atom. The lowest BCUT2D eigenvalue weighted by Gasteiger charge is -2.18. The first kappa shape index (κ1) is 15.6. The summed E-state index contributed by atoms with van der Waals surface area (Å²) in [6, 6.07) is 6.19. The Labute approximate surface area is 150 Å². The molecular formula is C16H18Cl2N4S. The molecule has 2 heterocycles. The van der Waals surface area contributed by atoms with Gasteiger partial charge in [-0.15, -0.1) is 10.2 Å². The molecule has 0 radical (unpaired) electrons. The van der Waals surface area contributed by atoms with E-state index in [2.05, 4.69) is 19.7 Å². The molecule has 0 atom stereocenters. The van der Waals surface area contributed by atoms with Crippen LogP contribution in [0.5, 0.6) is 0 Å². The predicted molar refractivity (Wildman–Crippen MR) is 95.8 cm³/mol. The Bertz CT molecular complexity index is 688. The van der Waals surface area contributed by atoms with Crippen molar-refractivity contribution in [3.05, 3.63) is 33.8 Å². The largest absolute Gasteiger partial charge is 0.341 e. The molecule has 0 unspecified atom stereocenters. The number of nitrogens with zero attached hydrogens (tertiary/aromatic N) is 4. The summed E-state index contributed by atoms with van der Waals surface area (Å²) in [6.07, 6.45) is 4.93. The van der Waals surface area contributed by atoms with Crippen LogP contribution >= 0.6 is 35.0 Å². The first-order chi connectivity index (χ1) is 11.2. The summed E-state index contributed by atoms with van der Waals surface area (Å²) in [5.74, 6) is 1.75. The van der Waals surface area contributed by atoms with Gasteiger partial charge in [-0.05, 0) is 43.4 Å².